The highest BCUT2D eigenvalue weighted by Crippen LogP contribution is 2.57. The van der Waals surface area contributed by atoms with Crippen LogP contribution in [0.15, 0.2) is 89.3 Å². The number of rotatable bonds is 4. The van der Waals surface area contributed by atoms with Crippen LogP contribution in [0, 0.1) is 0 Å². The molecule has 1 N–H and O–H groups in total. The van der Waals surface area contributed by atoms with Crippen LogP contribution in [0.5, 0.6) is 0 Å². The molecule has 2 aromatic carbocycles. The van der Waals surface area contributed by atoms with Crippen LogP contribution in [0.1, 0.15) is 32.7 Å². The maximum Gasteiger partial charge on any atom is 0.277 e. The van der Waals surface area contributed by atoms with Gasteiger partial charge in [-0.1, -0.05) is 36.4 Å². The van der Waals surface area contributed by atoms with E-state index in [1.165, 1.54) is 16.4 Å². The van der Waals surface area contributed by atoms with E-state index in [2.05, 4.69) is 5.32 Å². The standard InChI is InChI=1S/C26H22N2O5S/c29-23(18-7-3-1-4-8-18)27-21-15-22-26(31-12-13-32-26)25(16-21,20-11-14-34-17-20)33-28(22)24(30)19-9-5-2-6-10-19/h1-11,14,16-17,22H,12-13,15H2,(H,27,29). The molecule has 2 aliphatic heterocycles. The molecule has 7 nitrogen and oxygen atoms in total. The van der Waals surface area contributed by atoms with Crippen LogP contribution < -0.4 is 5.32 Å². The van der Waals surface area contributed by atoms with E-state index < -0.39 is 17.4 Å². The Morgan fingerprint density at radius 2 is 1.62 bits per heavy atom. The van der Waals surface area contributed by atoms with Crippen LogP contribution in [-0.2, 0) is 19.9 Å². The maximum absolute atomic E-state index is 13.6. The van der Waals surface area contributed by atoms with E-state index in [4.69, 9.17) is 14.3 Å². The first-order valence-electron chi connectivity index (χ1n) is 11.1. The largest absolute Gasteiger partial charge is 0.343 e. The van der Waals surface area contributed by atoms with Gasteiger partial charge in [0.25, 0.3) is 11.8 Å². The van der Waals surface area contributed by atoms with Crippen molar-refractivity contribution in [3.63, 3.8) is 0 Å². The fourth-order valence-electron chi connectivity index (χ4n) is 4.97. The minimum Gasteiger partial charge on any atom is -0.343 e. The molecular formula is C26H22N2O5S. The number of hydroxylamine groups is 2. The maximum atomic E-state index is 13.6. The number of amides is 2. The Labute approximate surface area is 200 Å². The van der Waals surface area contributed by atoms with Crippen LogP contribution in [0.4, 0.5) is 0 Å². The smallest absolute Gasteiger partial charge is 0.277 e. The lowest BCUT2D eigenvalue weighted by Crippen LogP contribution is -2.58. The van der Waals surface area contributed by atoms with E-state index in [0.29, 0.717) is 36.5 Å². The number of benzene rings is 2. The molecule has 2 atom stereocenters. The number of carbonyl (C=O) groups excluding carboxylic acids is 2. The monoisotopic (exact) mass is 474 g/mol. The van der Waals surface area contributed by atoms with Gasteiger partial charge in [-0.15, -0.1) is 0 Å². The minimum atomic E-state index is -1.23. The first-order valence-corrected chi connectivity index (χ1v) is 12.0. The first-order chi connectivity index (χ1) is 16.6. The van der Waals surface area contributed by atoms with Gasteiger partial charge in [-0.25, -0.2) is 9.90 Å². The van der Waals surface area contributed by atoms with E-state index in [-0.39, 0.29) is 11.8 Å². The molecule has 0 saturated carbocycles. The van der Waals surface area contributed by atoms with E-state index in [1.54, 1.807) is 24.3 Å². The van der Waals surface area contributed by atoms with Crippen molar-refractivity contribution in [3.8, 4) is 0 Å². The number of carbonyl (C=O) groups is 2. The van der Waals surface area contributed by atoms with Gasteiger partial charge in [-0.2, -0.15) is 11.3 Å². The zero-order valence-corrected chi connectivity index (χ0v) is 19.0. The third kappa shape index (κ3) is 3.14. The van der Waals surface area contributed by atoms with Crippen LogP contribution in [-0.4, -0.2) is 41.9 Å². The molecule has 3 aliphatic rings. The summed E-state index contributed by atoms with van der Waals surface area (Å²) in [6.07, 6.45) is 2.15. The van der Waals surface area contributed by atoms with Crippen molar-refractivity contribution in [2.24, 2.45) is 0 Å². The molecule has 3 aromatic rings. The molecule has 0 radical (unpaired) electrons. The Kier molecular flexibility index (Phi) is 5.11. The fraction of sp³-hybridized carbons (Fsp3) is 0.231. The topological polar surface area (TPSA) is 77.1 Å². The van der Waals surface area contributed by atoms with Gasteiger partial charge in [0.2, 0.25) is 5.79 Å². The van der Waals surface area contributed by atoms with Crippen LogP contribution >= 0.6 is 11.3 Å². The molecule has 6 rings (SSSR count). The lowest BCUT2D eigenvalue weighted by molar-refractivity contribution is -0.241. The minimum absolute atomic E-state index is 0.225. The summed E-state index contributed by atoms with van der Waals surface area (Å²) in [6, 6.07) is 19.3. The highest BCUT2D eigenvalue weighted by molar-refractivity contribution is 7.08. The summed E-state index contributed by atoms with van der Waals surface area (Å²) in [5.74, 6) is -1.72. The number of nitrogens with one attached hydrogen (secondary N) is 1. The van der Waals surface area contributed by atoms with Crippen LogP contribution in [0.2, 0.25) is 0 Å². The van der Waals surface area contributed by atoms with Crippen molar-refractivity contribution in [2.45, 2.75) is 23.9 Å². The number of nitrogens with zero attached hydrogens (tertiary/aromatic N) is 1. The van der Waals surface area contributed by atoms with Crippen molar-refractivity contribution in [1.29, 1.82) is 0 Å². The lowest BCUT2D eigenvalue weighted by atomic mass is 9.77. The van der Waals surface area contributed by atoms with Gasteiger partial charge in [-0.05, 0) is 47.2 Å². The molecule has 34 heavy (non-hydrogen) atoms. The summed E-state index contributed by atoms with van der Waals surface area (Å²) < 4.78 is 12.5. The van der Waals surface area contributed by atoms with E-state index >= 15 is 0 Å². The van der Waals surface area contributed by atoms with Crippen LogP contribution in [0.3, 0.4) is 0 Å². The number of hydrogen-bond donors (Lipinski definition) is 1. The summed E-state index contributed by atoms with van der Waals surface area (Å²) in [4.78, 5) is 33.0. The Morgan fingerprint density at radius 3 is 2.26 bits per heavy atom. The third-order valence-corrected chi connectivity index (χ3v) is 7.15. The molecule has 1 aromatic heterocycles. The molecule has 2 unspecified atom stereocenters. The summed E-state index contributed by atoms with van der Waals surface area (Å²) >= 11 is 1.51. The number of thiophene rings is 1. The Balaban J connectivity index is 1.44. The summed E-state index contributed by atoms with van der Waals surface area (Å²) in [6.45, 7) is 0.775. The van der Waals surface area contributed by atoms with Crippen molar-refractivity contribution in [2.75, 3.05) is 13.2 Å². The number of ether oxygens (including phenoxy) is 2. The molecule has 2 amide bonds. The summed E-state index contributed by atoms with van der Waals surface area (Å²) in [5, 5.41) is 8.30. The fourth-order valence-corrected chi connectivity index (χ4v) is 5.68. The molecule has 8 heteroatoms. The highest BCUT2D eigenvalue weighted by atomic mass is 32.1. The summed E-state index contributed by atoms with van der Waals surface area (Å²) in [7, 11) is 0. The second-order valence-electron chi connectivity index (χ2n) is 8.41. The Bertz CT molecular complexity index is 1240. The lowest BCUT2D eigenvalue weighted by Gasteiger charge is -2.41. The van der Waals surface area contributed by atoms with Crippen molar-refractivity contribution >= 4 is 23.2 Å². The van der Waals surface area contributed by atoms with Crippen molar-refractivity contribution in [3.05, 3.63) is 106 Å². The first kappa shape index (κ1) is 21.2. The van der Waals surface area contributed by atoms with Crippen molar-refractivity contribution < 1.29 is 23.9 Å². The predicted molar refractivity (Wildman–Crippen MR) is 125 cm³/mol. The van der Waals surface area contributed by atoms with Crippen LogP contribution in [0.25, 0.3) is 0 Å². The SMILES string of the molecule is O=C(NC1=CC2(c3ccsc3)ON(C(=O)c3ccccc3)C(C1)C21OCCO1)c1ccccc1. The van der Waals surface area contributed by atoms with Gasteiger partial charge >= 0.3 is 0 Å². The molecule has 1 aliphatic carbocycles. The van der Waals surface area contributed by atoms with Gasteiger partial charge in [0.05, 0.1) is 13.2 Å². The molecule has 2 bridgehead atoms. The predicted octanol–water partition coefficient (Wildman–Crippen LogP) is 3.86. The molecule has 172 valence electrons. The van der Waals surface area contributed by atoms with Gasteiger partial charge in [-0.3, -0.25) is 9.59 Å². The average molecular weight is 475 g/mol. The molecule has 1 spiro atoms. The zero-order chi connectivity index (χ0) is 23.2. The van der Waals surface area contributed by atoms with E-state index in [1.807, 2.05) is 59.3 Å². The van der Waals surface area contributed by atoms with E-state index in [9.17, 15) is 9.59 Å². The second-order valence-corrected chi connectivity index (χ2v) is 9.19. The molecular weight excluding hydrogens is 452 g/mol. The summed E-state index contributed by atoms with van der Waals surface area (Å²) in [5.41, 5.74) is 1.28. The zero-order valence-electron chi connectivity index (χ0n) is 18.2. The third-order valence-electron chi connectivity index (χ3n) is 6.47. The molecule has 3 heterocycles. The quantitative estimate of drug-likeness (QED) is 0.622. The molecule has 2 fully saturated rings. The Hall–Kier alpha value is -3.30. The Morgan fingerprint density at radius 1 is 0.941 bits per heavy atom. The van der Waals surface area contributed by atoms with Gasteiger partial charge in [0.1, 0.15) is 6.04 Å². The van der Waals surface area contributed by atoms with Gasteiger partial charge in [0.15, 0.2) is 5.60 Å². The van der Waals surface area contributed by atoms with Gasteiger partial charge in [0, 0.05) is 28.8 Å². The van der Waals surface area contributed by atoms with Crippen molar-refractivity contribution in [1.82, 2.24) is 10.4 Å². The average Bonchev–Trinajstić information content (AvgIpc) is 3.61. The van der Waals surface area contributed by atoms with Gasteiger partial charge < -0.3 is 14.8 Å². The number of hydrogen-bond acceptors (Lipinski definition) is 6. The normalized spacial score (nSPS) is 24.8. The second kappa shape index (κ2) is 8.18. The highest BCUT2D eigenvalue weighted by Gasteiger charge is 2.72. The molecule has 2 saturated heterocycles. The van der Waals surface area contributed by atoms with E-state index in [0.717, 1.165) is 5.56 Å².